The van der Waals surface area contributed by atoms with E-state index in [4.69, 9.17) is 0 Å². The second-order valence-electron chi connectivity index (χ2n) is 9.18. The first kappa shape index (κ1) is 22.7. The molecule has 0 unspecified atom stereocenters. The first-order valence-electron chi connectivity index (χ1n) is 11.0. The van der Waals surface area contributed by atoms with Crippen molar-refractivity contribution in [2.75, 3.05) is 6.54 Å². The van der Waals surface area contributed by atoms with Crippen molar-refractivity contribution in [1.29, 1.82) is 0 Å². The summed E-state index contributed by atoms with van der Waals surface area (Å²) >= 11 is 0. The van der Waals surface area contributed by atoms with E-state index in [9.17, 15) is 14.4 Å². The van der Waals surface area contributed by atoms with Crippen LogP contribution in [0.4, 0.5) is 0 Å². The first-order chi connectivity index (χ1) is 14.7. The third-order valence-electron chi connectivity index (χ3n) is 5.41. The van der Waals surface area contributed by atoms with E-state index in [1.54, 1.807) is 18.6 Å². The number of carbonyl (C=O) groups is 2. The largest absolute Gasteiger partial charge is 0.351 e. The van der Waals surface area contributed by atoms with Crippen LogP contribution < -0.4 is 16.1 Å². The molecule has 0 atom stereocenters. The molecule has 1 saturated carbocycles. The van der Waals surface area contributed by atoms with Crippen LogP contribution in [0.5, 0.6) is 0 Å². The Morgan fingerprint density at radius 1 is 1.06 bits per heavy atom. The summed E-state index contributed by atoms with van der Waals surface area (Å²) in [4.78, 5) is 43.0. The Kier molecular flexibility index (Phi) is 7.25. The minimum Gasteiger partial charge on any atom is -0.351 e. The highest BCUT2D eigenvalue weighted by Gasteiger charge is 2.24. The smallest absolute Gasteiger partial charge is 0.257 e. The normalized spacial score (nSPS) is 14.8. The summed E-state index contributed by atoms with van der Waals surface area (Å²) in [6.07, 6.45) is 10.8. The van der Waals surface area contributed by atoms with Crippen molar-refractivity contribution < 1.29 is 9.59 Å². The molecular formula is C24H32N4O3. The summed E-state index contributed by atoms with van der Waals surface area (Å²) < 4.78 is 1.89. The topological polar surface area (TPSA) is 93.1 Å². The van der Waals surface area contributed by atoms with Gasteiger partial charge in [-0.25, -0.2) is 0 Å². The predicted molar refractivity (Wildman–Crippen MR) is 120 cm³/mol. The van der Waals surface area contributed by atoms with Gasteiger partial charge < -0.3 is 15.2 Å². The second-order valence-corrected chi connectivity index (χ2v) is 9.18. The monoisotopic (exact) mass is 424 g/mol. The van der Waals surface area contributed by atoms with E-state index in [2.05, 4.69) is 15.6 Å². The Balaban J connectivity index is 1.86. The van der Waals surface area contributed by atoms with Crippen LogP contribution in [0.3, 0.4) is 0 Å². The molecule has 2 amide bonds. The number of aromatic nitrogens is 2. The Bertz CT molecular complexity index is 971. The van der Waals surface area contributed by atoms with Crippen molar-refractivity contribution in [3.05, 3.63) is 63.8 Å². The van der Waals surface area contributed by atoms with Crippen LogP contribution >= 0.6 is 0 Å². The van der Waals surface area contributed by atoms with Crippen LogP contribution in [-0.4, -0.2) is 33.4 Å². The molecule has 3 rings (SSSR count). The molecule has 166 valence electrons. The highest BCUT2D eigenvalue weighted by atomic mass is 16.2. The molecule has 2 aromatic rings. The maximum atomic E-state index is 13.1. The standard InChI is InChI=1S/C24H32N4O3/c1-24(2,3)27-23(31)20-16-28(18-10-5-4-6-11-18)15-19(21(20)29)22(30)26-14-12-17-9-7-8-13-25-17/h7-9,13,15-16,18H,4-6,10-12,14H2,1-3H3,(H,26,30)(H,27,31). The van der Waals surface area contributed by atoms with E-state index >= 15 is 0 Å². The van der Waals surface area contributed by atoms with Gasteiger partial charge in [0, 0.05) is 48.8 Å². The summed E-state index contributed by atoms with van der Waals surface area (Å²) in [5.74, 6) is -0.916. The van der Waals surface area contributed by atoms with Gasteiger partial charge in [-0.05, 0) is 45.7 Å². The summed E-state index contributed by atoms with van der Waals surface area (Å²) in [7, 11) is 0. The predicted octanol–water partition coefficient (Wildman–Crippen LogP) is 3.25. The lowest BCUT2D eigenvalue weighted by Crippen LogP contribution is -2.43. The molecule has 31 heavy (non-hydrogen) atoms. The van der Waals surface area contributed by atoms with Crippen LogP contribution in [0.2, 0.25) is 0 Å². The Morgan fingerprint density at radius 2 is 1.74 bits per heavy atom. The number of nitrogens with zero attached hydrogens (tertiary/aromatic N) is 2. The number of hydrogen-bond acceptors (Lipinski definition) is 4. The summed E-state index contributed by atoms with van der Waals surface area (Å²) in [5, 5.41) is 5.65. The van der Waals surface area contributed by atoms with Crippen molar-refractivity contribution in [3.8, 4) is 0 Å². The number of rotatable bonds is 6. The molecule has 2 aromatic heterocycles. The van der Waals surface area contributed by atoms with Crippen LogP contribution in [0.25, 0.3) is 0 Å². The molecule has 0 radical (unpaired) electrons. The van der Waals surface area contributed by atoms with Gasteiger partial charge in [-0.15, -0.1) is 0 Å². The van der Waals surface area contributed by atoms with E-state index in [1.807, 2.05) is 43.5 Å². The third-order valence-corrected chi connectivity index (χ3v) is 5.41. The number of amides is 2. The third kappa shape index (κ3) is 6.26. The fourth-order valence-corrected chi connectivity index (χ4v) is 3.86. The van der Waals surface area contributed by atoms with E-state index in [0.717, 1.165) is 31.4 Å². The fraction of sp³-hybridized carbons (Fsp3) is 0.500. The molecule has 0 aromatic carbocycles. The van der Waals surface area contributed by atoms with Gasteiger partial charge in [0.2, 0.25) is 5.43 Å². The number of carbonyl (C=O) groups excluding carboxylic acids is 2. The minimum absolute atomic E-state index is 0.00755. The average Bonchev–Trinajstić information content (AvgIpc) is 2.74. The summed E-state index contributed by atoms with van der Waals surface area (Å²) in [5.41, 5.74) is -0.143. The van der Waals surface area contributed by atoms with Crippen LogP contribution in [0.15, 0.2) is 41.6 Å². The van der Waals surface area contributed by atoms with E-state index < -0.39 is 22.8 Å². The zero-order valence-corrected chi connectivity index (χ0v) is 18.6. The van der Waals surface area contributed by atoms with Gasteiger partial charge in [-0.1, -0.05) is 25.3 Å². The van der Waals surface area contributed by atoms with Gasteiger partial charge in [0.1, 0.15) is 11.1 Å². The quantitative estimate of drug-likeness (QED) is 0.744. The molecule has 0 spiro atoms. The lowest BCUT2D eigenvalue weighted by Gasteiger charge is -2.26. The second kappa shape index (κ2) is 9.90. The van der Waals surface area contributed by atoms with Crippen LogP contribution in [0.1, 0.15) is 85.3 Å². The van der Waals surface area contributed by atoms with E-state index in [-0.39, 0.29) is 17.2 Å². The lowest BCUT2D eigenvalue weighted by atomic mass is 9.95. The molecule has 1 fully saturated rings. The number of nitrogens with one attached hydrogen (secondary N) is 2. The first-order valence-corrected chi connectivity index (χ1v) is 11.0. The zero-order chi connectivity index (χ0) is 22.4. The van der Waals surface area contributed by atoms with Gasteiger partial charge >= 0.3 is 0 Å². The Hall–Kier alpha value is -2.96. The molecule has 1 aliphatic rings. The number of pyridine rings is 2. The van der Waals surface area contributed by atoms with Crippen molar-refractivity contribution in [2.45, 2.75) is 70.9 Å². The summed E-state index contributed by atoms with van der Waals surface area (Å²) in [6, 6.07) is 5.81. The highest BCUT2D eigenvalue weighted by molar-refractivity contribution is 5.99. The minimum atomic E-state index is -0.538. The van der Waals surface area contributed by atoms with Gasteiger partial charge in [0.15, 0.2) is 0 Å². The van der Waals surface area contributed by atoms with Gasteiger partial charge in [0.05, 0.1) is 0 Å². The molecule has 7 nitrogen and oxygen atoms in total. The Labute approximate surface area is 183 Å². The lowest BCUT2D eigenvalue weighted by molar-refractivity contribution is 0.0917. The maximum absolute atomic E-state index is 13.1. The van der Waals surface area contributed by atoms with Crippen LogP contribution in [0, 0.1) is 0 Å². The number of hydrogen-bond donors (Lipinski definition) is 2. The average molecular weight is 425 g/mol. The summed E-state index contributed by atoms with van der Waals surface area (Å²) in [6.45, 7) is 5.94. The molecule has 0 bridgehead atoms. The molecule has 0 saturated heterocycles. The van der Waals surface area contributed by atoms with E-state index in [1.165, 1.54) is 6.42 Å². The zero-order valence-electron chi connectivity index (χ0n) is 18.6. The molecule has 2 heterocycles. The van der Waals surface area contributed by atoms with Crippen LogP contribution in [-0.2, 0) is 6.42 Å². The van der Waals surface area contributed by atoms with Crippen molar-refractivity contribution >= 4 is 11.8 Å². The highest BCUT2D eigenvalue weighted by Crippen LogP contribution is 2.28. The molecule has 0 aliphatic heterocycles. The molecule has 1 aliphatic carbocycles. The van der Waals surface area contributed by atoms with Gasteiger partial charge in [-0.2, -0.15) is 0 Å². The molecule has 2 N–H and O–H groups in total. The van der Waals surface area contributed by atoms with E-state index in [0.29, 0.717) is 13.0 Å². The molecule has 7 heteroatoms. The molecular weight excluding hydrogens is 392 g/mol. The van der Waals surface area contributed by atoms with Gasteiger partial charge in [-0.3, -0.25) is 19.4 Å². The fourth-order valence-electron chi connectivity index (χ4n) is 3.86. The Morgan fingerprint density at radius 3 is 2.35 bits per heavy atom. The maximum Gasteiger partial charge on any atom is 0.257 e. The van der Waals surface area contributed by atoms with Crippen molar-refractivity contribution in [1.82, 2.24) is 20.2 Å². The van der Waals surface area contributed by atoms with Crippen molar-refractivity contribution in [2.24, 2.45) is 0 Å². The van der Waals surface area contributed by atoms with Crippen molar-refractivity contribution in [3.63, 3.8) is 0 Å². The SMILES string of the molecule is CC(C)(C)NC(=O)c1cn(C2CCCCC2)cc(C(=O)NCCc2ccccn2)c1=O. The van der Waals surface area contributed by atoms with Gasteiger partial charge in [0.25, 0.3) is 11.8 Å².